The molecule has 1 amide bonds. The van der Waals surface area contributed by atoms with Crippen LogP contribution in [-0.4, -0.2) is 46.8 Å². The van der Waals surface area contributed by atoms with Gasteiger partial charge >= 0.3 is 0 Å². The number of carbonyl (C=O) groups is 1. The monoisotopic (exact) mass is 447 g/mol. The van der Waals surface area contributed by atoms with Gasteiger partial charge in [0.05, 0.1) is 46.8 Å². The Kier molecular flexibility index (Phi) is 7.17. The van der Waals surface area contributed by atoms with E-state index in [9.17, 15) is 4.79 Å². The molecule has 0 aliphatic carbocycles. The van der Waals surface area contributed by atoms with Crippen LogP contribution in [-0.2, 0) is 4.79 Å². The van der Waals surface area contributed by atoms with Crippen LogP contribution in [0, 0.1) is 0 Å². The van der Waals surface area contributed by atoms with Gasteiger partial charge in [-0.25, -0.2) is 0 Å². The fraction of sp³-hybridized carbons (Fsp3) is 0.348. The van der Waals surface area contributed by atoms with Crippen molar-refractivity contribution in [3.63, 3.8) is 0 Å². The van der Waals surface area contributed by atoms with Gasteiger partial charge in [-0.15, -0.1) is 11.6 Å². The Labute approximate surface area is 187 Å². The van der Waals surface area contributed by atoms with Crippen LogP contribution < -0.4 is 28.6 Å². The second-order valence-electron chi connectivity index (χ2n) is 6.79. The van der Waals surface area contributed by atoms with Gasteiger partial charge in [0.15, 0.2) is 23.0 Å². The molecule has 0 N–H and O–H groups in total. The number of hydrogen-bond donors (Lipinski definition) is 0. The molecular formula is C23H26ClNO6. The second kappa shape index (κ2) is 9.83. The number of alkyl halides is 1. The molecule has 166 valence electrons. The first kappa shape index (κ1) is 22.6. The van der Waals surface area contributed by atoms with E-state index < -0.39 is 0 Å². The third-order valence-corrected chi connectivity index (χ3v) is 5.32. The number of rotatable bonds is 10. The van der Waals surface area contributed by atoms with E-state index in [1.54, 1.807) is 24.1 Å². The highest BCUT2D eigenvalue weighted by Gasteiger charge is 2.43. The summed E-state index contributed by atoms with van der Waals surface area (Å²) in [7, 11) is 6.17. The van der Waals surface area contributed by atoms with Crippen molar-refractivity contribution in [2.24, 2.45) is 0 Å². The zero-order valence-corrected chi connectivity index (χ0v) is 18.8. The largest absolute Gasteiger partial charge is 0.493 e. The molecule has 1 heterocycles. The van der Waals surface area contributed by atoms with Crippen molar-refractivity contribution in [3.8, 4) is 28.7 Å². The molecule has 1 atom stereocenters. The number of halogens is 1. The SMILES string of the molecule is C=C1C(=O)N(c2cc(OC)c(OC)c(OC)c2)[C@H]1c1ccc(OC)c(OCCCCl)c1. The Morgan fingerprint density at radius 2 is 1.58 bits per heavy atom. The molecular weight excluding hydrogens is 422 g/mol. The number of carbonyl (C=O) groups excluding carboxylic acids is 1. The summed E-state index contributed by atoms with van der Waals surface area (Å²) in [6, 6.07) is 8.67. The molecule has 1 fully saturated rings. The molecule has 31 heavy (non-hydrogen) atoms. The van der Waals surface area contributed by atoms with E-state index in [4.69, 9.17) is 35.3 Å². The van der Waals surface area contributed by atoms with Gasteiger partial charge in [0.2, 0.25) is 5.75 Å². The summed E-state index contributed by atoms with van der Waals surface area (Å²) in [5, 5.41) is 0. The van der Waals surface area contributed by atoms with Crippen LogP contribution in [0.15, 0.2) is 42.5 Å². The number of amides is 1. The van der Waals surface area contributed by atoms with Crippen molar-refractivity contribution in [1.82, 2.24) is 0 Å². The number of β-lactam (4-membered cyclic amide) rings is 1. The van der Waals surface area contributed by atoms with E-state index in [0.29, 0.717) is 58.9 Å². The Morgan fingerprint density at radius 3 is 2.13 bits per heavy atom. The summed E-state index contributed by atoms with van der Waals surface area (Å²) in [5.41, 5.74) is 1.93. The van der Waals surface area contributed by atoms with E-state index in [0.717, 1.165) is 5.56 Å². The van der Waals surface area contributed by atoms with Crippen LogP contribution in [0.5, 0.6) is 28.7 Å². The minimum Gasteiger partial charge on any atom is -0.493 e. The maximum atomic E-state index is 12.8. The maximum absolute atomic E-state index is 12.8. The first-order valence-electron chi connectivity index (χ1n) is 9.69. The Hall–Kier alpha value is -3.06. The van der Waals surface area contributed by atoms with Gasteiger partial charge in [-0.1, -0.05) is 12.6 Å². The third-order valence-electron chi connectivity index (χ3n) is 5.05. The van der Waals surface area contributed by atoms with Gasteiger partial charge < -0.3 is 23.7 Å². The number of nitrogens with zero attached hydrogens (tertiary/aromatic N) is 1. The predicted molar refractivity (Wildman–Crippen MR) is 119 cm³/mol. The summed E-state index contributed by atoms with van der Waals surface area (Å²) in [6.45, 7) is 4.44. The highest BCUT2D eigenvalue weighted by Crippen LogP contribution is 2.48. The fourth-order valence-corrected chi connectivity index (χ4v) is 3.62. The molecule has 0 aromatic heterocycles. The van der Waals surface area contributed by atoms with E-state index in [1.165, 1.54) is 21.3 Å². The molecule has 0 unspecified atom stereocenters. The van der Waals surface area contributed by atoms with Crippen molar-refractivity contribution >= 4 is 23.2 Å². The summed E-state index contributed by atoms with van der Waals surface area (Å²) < 4.78 is 27.5. The number of anilines is 1. The van der Waals surface area contributed by atoms with Gasteiger partial charge in [-0.3, -0.25) is 9.69 Å². The van der Waals surface area contributed by atoms with E-state index >= 15 is 0 Å². The Bertz CT molecular complexity index is 952. The standard InChI is InChI=1S/C23H26ClNO6/c1-14-21(15-7-8-17(27-2)18(11-15)31-10-6-9-24)25(23(14)26)16-12-19(28-3)22(30-5)20(13-16)29-4/h7-8,11-13,21H,1,6,9-10H2,2-5H3/t21-/m1/s1. The van der Waals surface area contributed by atoms with Crippen LogP contribution in [0.1, 0.15) is 18.0 Å². The average Bonchev–Trinajstić information content (AvgIpc) is 2.80. The molecule has 3 rings (SSSR count). The summed E-state index contributed by atoms with van der Waals surface area (Å²) in [5.74, 6) is 2.89. The van der Waals surface area contributed by atoms with Gasteiger partial charge in [-0.05, 0) is 24.1 Å². The molecule has 0 radical (unpaired) electrons. The lowest BCUT2D eigenvalue weighted by molar-refractivity contribution is -0.118. The molecule has 1 aliphatic rings. The molecule has 2 aromatic carbocycles. The Balaban J connectivity index is 2.00. The summed E-state index contributed by atoms with van der Waals surface area (Å²) >= 11 is 5.75. The zero-order chi connectivity index (χ0) is 22.5. The minimum atomic E-state index is -0.364. The highest BCUT2D eigenvalue weighted by atomic mass is 35.5. The first-order valence-corrected chi connectivity index (χ1v) is 10.2. The molecule has 8 heteroatoms. The normalized spacial score (nSPS) is 15.4. The molecule has 0 bridgehead atoms. The van der Waals surface area contributed by atoms with Crippen molar-refractivity contribution in [1.29, 1.82) is 0 Å². The minimum absolute atomic E-state index is 0.181. The molecule has 2 aromatic rings. The quantitative estimate of drug-likeness (QED) is 0.233. The third kappa shape index (κ3) is 4.23. The number of methoxy groups -OCH3 is 4. The smallest absolute Gasteiger partial charge is 0.256 e. The van der Waals surface area contributed by atoms with E-state index in [2.05, 4.69) is 6.58 Å². The topological polar surface area (TPSA) is 66.5 Å². The zero-order valence-electron chi connectivity index (χ0n) is 18.1. The van der Waals surface area contributed by atoms with E-state index in [1.807, 2.05) is 18.2 Å². The molecule has 0 spiro atoms. The van der Waals surface area contributed by atoms with Gasteiger partial charge in [-0.2, -0.15) is 0 Å². The van der Waals surface area contributed by atoms with Crippen LogP contribution in [0.4, 0.5) is 5.69 Å². The van der Waals surface area contributed by atoms with Gasteiger partial charge in [0.25, 0.3) is 5.91 Å². The van der Waals surface area contributed by atoms with Crippen LogP contribution in [0.25, 0.3) is 0 Å². The van der Waals surface area contributed by atoms with Gasteiger partial charge in [0, 0.05) is 23.6 Å². The summed E-state index contributed by atoms with van der Waals surface area (Å²) in [6.07, 6.45) is 0.709. The fourth-order valence-electron chi connectivity index (χ4n) is 3.51. The maximum Gasteiger partial charge on any atom is 0.256 e. The molecule has 0 saturated carbocycles. The summed E-state index contributed by atoms with van der Waals surface area (Å²) in [4.78, 5) is 14.4. The lowest BCUT2D eigenvalue weighted by Crippen LogP contribution is -2.48. The van der Waals surface area contributed by atoms with E-state index in [-0.39, 0.29) is 11.9 Å². The first-order chi connectivity index (χ1) is 15.0. The predicted octanol–water partition coefficient (Wildman–Crippen LogP) is 4.37. The lowest BCUT2D eigenvalue weighted by atomic mass is 9.88. The van der Waals surface area contributed by atoms with Gasteiger partial charge in [0.1, 0.15) is 0 Å². The Morgan fingerprint density at radius 1 is 0.935 bits per heavy atom. The van der Waals surface area contributed by atoms with Crippen molar-refractivity contribution in [2.75, 3.05) is 45.8 Å². The van der Waals surface area contributed by atoms with Crippen molar-refractivity contribution in [3.05, 3.63) is 48.0 Å². The number of hydrogen-bond acceptors (Lipinski definition) is 6. The average molecular weight is 448 g/mol. The van der Waals surface area contributed by atoms with Crippen molar-refractivity contribution < 1.29 is 28.5 Å². The second-order valence-corrected chi connectivity index (χ2v) is 7.17. The molecule has 1 saturated heterocycles. The number of benzene rings is 2. The molecule has 1 aliphatic heterocycles. The highest BCUT2D eigenvalue weighted by molar-refractivity contribution is 6.17. The van der Waals surface area contributed by atoms with Crippen LogP contribution in [0.3, 0.4) is 0 Å². The molecule has 7 nitrogen and oxygen atoms in total. The lowest BCUT2D eigenvalue weighted by Gasteiger charge is -2.42. The number of ether oxygens (including phenoxy) is 5. The van der Waals surface area contributed by atoms with Crippen molar-refractivity contribution in [2.45, 2.75) is 12.5 Å². The van der Waals surface area contributed by atoms with Crippen LogP contribution in [0.2, 0.25) is 0 Å². The van der Waals surface area contributed by atoms with Crippen LogP contribution >= 0.6 is 11.6 Å².